The minimum atomic E-state index is 0.556. The van der Waals surface area contributed by atoms with Crippen molar-refractivity contribution in [2.75, 3.05) is 5.32 Å². The molecule has 2 heterocycles. The molecule has 3 rings (SSSR count). The van der Waals surface area contributed by atoms with Crippen molar-refractivity contribution in [3.63, 3.8) is 0 Å². The maximum atomic E-state index is 4.34. The van der Waals surface area contributed by atoms with Crippen molar-refractivity contribution in [1.82, 2.24) is 4.98 Å². The minimum absolute atomic E-state index is 0.556. The molecule has 0 bridgehead atoms. The molecule has 1 aromatic rings. The molecular weight excluding hydrogens is 160 g/mol. The van der Waals surface area contributed by atoms with E-state index in [1.54, 1.807) is 0 Å². The zero-order valence-corrected chi connectivity index (χ0v) is 7.88. The number of fused-ring (bicyclic) bond motifs is 1. The van der Waals surface area contributed by atoms with Crippen LogP contribution >= 0.6 is 0 Å². The second kappa shape index (κ2) is 2.25. The van der Waals surface area contributed by atoms with E-state index in [0.717, 1.165) is 5.82 Å². The Kier molecular flexibility index (Phi) is 1.27. The second-order valence-corrected chi connectivity index (χ2v) is 4.57. The smallest absolute Gasteiger partial charge is 0.129 e. The molecule has 68 valence electrons. The van der Waals surface area contributed by atoms with E-state index < -0.39 is 0 Å². The number of nitrogens with one attached hydrogen (secondary N) is 1. The van der Waals surface area contributed by atoms with Gasteiger partial charge in [-0.1, -0.05) is 13.0 Å². The van der Waals surface area contributed by atoms with E-state index >= 15 is 0 Å². The van der Waals surface area contributed by atoms with Crippen LogP contribution in [0.5, 0.6) is 0 Å². The van der Waals surface area contributed by atoms with E-state index in [1.165, 1.54) is 24.8 Å². The summed E-state index contributed by atoms with van der Waals surface area (Å²) in [5.41, 5.74) is 1.95. The minimum Gasteiger partial charge on any atom is -0.366 e. The van der Waals surface area contributed by atoms with Gasteiger partial charge in [-0.05, 0) is 36.3 Å². The first-order valence-electron chi connectivity index (χ1n) is 4.98. The molecule has 1 atom stereocenters. The number of hydrogen-bond acceptors (Lipinski definition) is 2. The molecule has 0 radical (unpaired) electrons. The molecule has 2 aliphatic rings. The van der Waals surface area contributed by atoms with Crippen LogP contribution in [-0.2, 0) is 6.42 Å². The molecule has 0 amide bonds. The monoisotopic (exact) mass is 174 g/mol. The van der Waals surface area contributed by atoms with E-state index in [-0.39, 0.29) is 0 Å². The Bertz CT molecular complexity index is 317. The highest BCUT2D eigenvalue weighted by Crippen LogP contribution is 2.51. The summed E-state index contributed by atoms with van der Waals surface area (Å²) in [6, 6.07) is 4.84. The quantitative estimate of drug-likeness (QED) is 0.706. The number of nitrogens with zero attached hydrogens (tertiary/aromatic N) is 1. The first-order chi connectivity index (χ1) is 6.28. The lowest BCUT2D eigenvalue weighted by Crippen LogP contribution is -2.25. The van der Waals surface area contributed by atoms with Crippen LogP contribution in [0, 0.1) is 5.41 Å². The Hall–Kier alpha value is -1.05. The fourth-order valence-electron chi connectivity index (χ4n) is 2.14. The Labute approximate surface area is 78.4 Å². The SMILES string of the molecule is CC1(C2Cc3cccnc3N2)CC1. The summed E-state index contributed by atoms with van der Waals surface area (Å²) in [6.45, 7) is 2.37. The average Bonchev–Trinajstić information content (AvgIpc) is 2.76. The number of anilines is 1. The van der Waals surface area contributed by atoms with Crippen LogP contribution < -0.4 is 5.32 Å². The van der Waals surface area contributed by atoms with Gasteiger partial charge < -0.3 is 5.32 Å². The summed E-state index contributed by atoms with van der Waals surface area (Å²) in [4.78, 5) is 4.34. The highest BCUT2D eigenvalue weighted by molar-refractivity contribution is 5.51. The third kappa shape index (κ3) is 1.05. The number of hydrogen-bond donors (Lipinski definition) is 1. The summed E-state index contributed by atoms with van der Waals surface area (Å²) >= 11 is 0. The summed E-state index contributed by atoms with van der Waals surface area (Å²) in [5.74, 6) is 1.11. The van der Waals surface area contributed by atoms with Gasteiger partial charge in [0.15, 0.2) is 0 Å². The molecule has 0 aromatic carbocycles. The third-order valence-electron chi connectivity index (χ3n) is 3.51. The maximum Gasteiger partial charge on any atom is 0.129 e. The Morgan fingerprint density at radius 2 is 2.38 bits per heavy atom. The van der Waals surface area contributed by atoms with Gasteiger partial charge in [0.25, 0.3) is 0 Å². The zero-order chi connectivity index (χ0) is 8.89. The predicted molar refractivity (Wildman–Crippen MR) is 52.7 cm³/mol. The van der Waals surface area contributed by atoms with Crippen molar-refractivity contribution < 1.29 is 0 Å². The van der Waals surface area contributed by atoms with E-state index in [4.69, 9.17) is 0 Å². The van der Waals surface area contributed by atoms with E-state index in [9.17, 15) is 0 Å². The lowest BCUT2D eigenvalue weighted by atomic mass is 9.96. The fourth-order valence-corrected chi connectivity index (χ4v) is 2.14. The largest absolute Gasteiger partial charge is 0.366 e. The highest BCUT2D eigenvalue weighted by atomic mass is 15.1. The molecule has 1 aliphatic carbocycles. The van der Waals surface area contributed by atoms with Gasteiger partial charge in [-0.25, -0.2) is 4.98 Å². The first kappa shape index (κ1) is 7.36. The maximum absolute atomic E-state index is 4.34. The fraction of sp³-hybridized carbons (Fsp3) is 0.545. The Balaban J connectivity index is 1.89. The van der Waals surface area contributed by atoms with Crippen molar-refractivity contribution in [2.24, 2.45) is 5.41 Å². The molecule has 2 heteroatoms. The molecule has 1 unspecified atom stereocenters. The molecule has 1 fully saturated rings. The summed E-state index contributed by atoms with van der Waals surface area (Å²) < 4.78 is 0. The van der Waals surface area contributed by atoms with Crippen LogP contribution in [0.15, 0.2) is 18.3 Å². The van der Waals surface area contributed by atoms with E-state index in [2.05, 4.69) is 23.3 Å². The second-order valence-electron chi connectivity index (χ2n) is 4.57. The molecular formula is C11H14N2. The molecule has 0 spiro atoms. The molecule has 1 aromatic heterocycles. The van der Waals surface area contributed by atoms with Gasteiger partial charge in [0.2, 0.25) is 0 Å². The predicted octanol–water partition coefficient (Wildman–Crippen LogP) is 2.22. The van der Waals surface area contributed by atoms with Crippen molar-refractivity contribution in [3.8, 4) is 0 Å². The Morgan fingerprint density at radius 3 is 3.08 bits per heavy atom. The normalized spacial score (nSPS) is 27.9. The molecule has 2 nitrogen and oxygen atoms in total. The van der Waals surface area contributed by atoms with Crippen LogP contribution in [0.3, 0.4) is 0 Å². The van der Waals surface area contributed by atoms with Crippen molar-refractivity contribution >= 4 is 5.82 Å². The van der Waals surface area contributed by atoms with Crippen LogP contribution in [-0.4, -0.2) is 11.0 Å². The van der Waals surface area contributed by atoms with Crippen LogP contribution in [0.4, 0.5) is 5.82 Å². The number of rotatable bonds is 1. The summed E-state index contributed by atoms with van der Waals surface area (Å²) in [7, 11) is 0. The summed E-state index contributed by atoms with van der Waals surface area (Å²) in [6.07, 6.45) is 5.78. The van der Waals surface area contributed by atoms with Gasteiger partial charge in [0.1, 0.15) is 5.82 Å². The van der Waals surface area contributed by atoms with Crippen molar-refractivity contribution in [2.45, 2.75) is 32.2 Å². The zero-order valence-electron chi connectivity index (χ0n) is 7.88. The van der Waals surface area contributed by atoms with Crippen LogP contribution in [0.25, 0.3) is 0 Å². The van der Waals surface area contributed by atoms with Crippen molar-refractivity contribution in [3.05, 3.63) is 23.9 Å². The number of aromatic nitrogens is 1. The standard InChI is InChI=1S/C11H14N2/c1-11(4-5-11)9-7-8-3-2-6-12-10(8)13-9/h2-3,6,9H,4-5,7H2,1H3,(H,12,13). The molecule has 0 saturated heterocycles. The molecule has 1 aliphatic heterocycles. The lowest BCUT2D eigenvalue weighted by molar-refractivity contribution is 0.474. The lowest BCUT2D eigenvalue weighted by Gasteiger charge is -2.17. The van der Waals surface area contributed by atoms with Crippen LogP contribution in [0.2, 0.25) is 0 Å². The van der Waals surface area contributed by atoms with Crippen molar-refractivity contribution in [1.29, 1.82) is 0 Å². The van der Waals surface area contributed by atoms with Gasteiger partial charge in [-0.3, -0.25) is 0 Å². The molecule has 13 heavy (non-hydrogen) atoms. The molecule has 1 saturated carbocycles. The third-order valence-corrected chi connectivity index (χ3v) is 3.51. The van der Waals surface area contributed by atoms with Gasteiger partial charge in [0, 0.05) is 12.2 Å². The average molecular weight is 174 g/mol. The van der Waals surface area contributed by atoms with Crippen LogP contribution in [0.1, 0.15) is 25.3 Å². The van der Waals surface area contributed by atoms with Gasteiger partial charge in [-0.15, -0.1) is 0 Å². The summed E-state index contributed by atoms with van der Waals surface area (Å²) in [5, 5.41) is 3.53. The Morgan fingerprint density at radius 1 is 1.54 bits per heavy atom. The first-order valence-corrected chi connectivity index (χ1v) is 4.98. The number of pyridine rings is 1. The highest BCUT2D eigenvalue weighted by Gasteiger charge is 2.47. The topological polar surface area (TPSA) is 24.9 Å². The molecule has 1 N–H and O–H groups in total. The van der Waals surface area contributed by atoms with Gasteiger partial charge >= 0.3 is 0 Å². The van der Waals surface area contributed by atoms with E-state index in [1.807, 2.05) is 12.3 Å². The van der Waals surface area contributed by atoms with Gasteiger partial charge in [-0.2, -0.15) is 0 Å². The van der Waals surface area contributed by atoms with E-state index in [0.29, 0.717) is 11.5 Å². The van der Waals surface area contributed by atoms with Gasteiger partial charge in [0.05, 0.1) is 0 Å².